The number of carbonyl (C=O) groups is 1. The molecule has 6 heteroatoms. The third-order valence-electron chi connectivity index (χ3n) is 9.73. The summed E-state index contributed by atoms with van der Waals surface area (Å²) in [5.74, 6) is -0.606. The Balaban J connectivity index is 3.78. The van der Waals surface area contributed by atoms with Gasteiger partial charge in [-0.15, -0.1) is 0 Å². The standard InChI is InChI=1S/C45H83NO5/c1-3-5-7-9-11-13-15-17-18-19-20-21-22-23-24-25-27-29-31-33-35-37-39-43(49)45(51)46-41(40-47)44(50)42(48)38-36-34-32-30-28-26-16-14-12-10-8-6-4-2/h6,8,14,16,23-24,30,32,41-44,47-50H,3-5,7,9-13,15,17-22,25-29,31,33-40H2,1-2H3,(H,46,51)/b8-6+,16-14+,24-23-,32-30+. The number of unbranched alkanes of at least 4 members (excludes halogenated alkanes) is 21. The molecule has 0 saturated heterocycles. The van der Waals surface area contributed by atoms with E-state index in [1.807, 2.05) is 0 Å². The van der Waals surface area contributed by atoms with Gasteiger partial charge in [-0.2, -0.15) is 0 Å². The van der Waals surface area contributed by atoms with Crippen LogP contribution in [0.15, 0.2) is 48.6 Å². The highest BCUT2D eigenvalue weighted by atomic mass is 16.3. The lowest BCUT2D eigenvalue weighted by atomic mass is 10.00. The van der Waals surface area contributed by atoms with Crippen LogP contribution in [0.2, 0.25) is 0 Å². The van der Waals surface area contributed by atoms with E-state index < -0.39 is 36.9 Å². The van der Waals surface area contributed by atoms with E-state index in [1.54, 1.807) is 0 Å². The number of rotatable bonds is 38. The summed E-state index contributed by atoms with van der Waals surface area (Å²) in [5, 5.41) is 43.5. The van der Waals surface area contributed by atoms with Gasteiger partial charge in [-0.1, -0.05) is 165 Å². The third kappa shape index (κ3) is 33.8. The molecule has 0 aromatic carbocycles. The van der Waals surface area contributed by atoms with Crippen molar-refractivity contribution >= 4 is 5.91 Å². The highest BCUT2D eigenvalue weighted by Crippen LogP contribution is 2.15. The molecule has 0 aliphatic rings. The van der Waals surface area contributed by atoms with Crippen molar-refractivity contribution in [3.8, 4) is 0 Å². The molecule has 0 aromatic heterocycles. The first-order valence-corrected chi connectivity index (χ1v) is 21.5. The Morgan fingerprint density at radius 3 is 1.33 bits per heavy atom. The predicted octanol–water partition coefficient (Wildman–Crippen LogP) is 11.1. The van der Waals surface area contributed by atoms with Gasteiger partial charge in [0, 0.05) is 0 Å². The summed E-state index contributed by atoms with van der Waals surface area (Å²) in [7, 11) is 0. The molecular weight excluding hydrogens is 634 g/mol. The zero-order chi connectivity index (χ0) is 37.5. The van der Waals surface area contributed by atoms with Gasteiger partial charge in [-0.25, -0.2) is 0 Å². The topological polar surface area (TPSA) is 110 Å². The molecular formula is C45H83NO5. The van der Waals surface area contributed by atoms with E-state index in [4.69, 9.17) is 0 Å². The fourth-order valence-corrected chi connectivity index (χ4v) is 6.32. The van der Waals surface area contributed by atoms with Crippen molar-refractivity contribution in [3.05, 3.63) is 48.6 Å². The van der Waals surface area contributed by atoms with Gasteiger partial charge in [-0.05, 0) is 83.5 Å². The number of nitrogens with one attached hydrogen (secondary N) is 1. The van der Waals surface area contributed by atoms with Crippen LogP contribution in [0.4, 0.5) is 0 Å². The van der Waals surface area contributed by atoms with Gasteiger partial charge in [0.2, 0.25) is 5.91 Å². The maximum Gasteiger partial charge on any atom is 0.249 e. The van der Waals surface area contributed by atoms with Gasteiger partial charge in [0.25, 0.3) is 0 Å². The van der Waals surface area contributed by atoms with Gasteiger partial charge in [0.05, 0.1) is 18.8 Å². The molecule has 0 heterocycles. The van der Waals surface area contributed by atoms with E-state index in [-0.39, 0.29) is 0 Å². The molecule has 0 bridgehead atoms. The minimum atomic E-state index is -1.29. The summed E-state index contributed by atoms with van der Waals surface area (Å²) < 4.78 is 0. The van der Waals surface area contributed by atoms with Crippen LogP contribution in [-0.4, -0.2) is 57.3 Å². The van der Waals surface area contributed by atoms with E-state index in [2.05, 4.69) is 67.8 Å². The number of hydrogen-bond donors (Lipinski definition) is 5. The van der Waals surface area contributed by atoms with Crippen LogP contribution in [0.5, 0.6) is 0 Å². The van der Waals surface area contributed by atoms with Crippen molar-refractivity contribution in [3.63, 3.8) is 0 Å². The second-order valence-corrected chi connectivity index (χ2v) is 14.6. The van der Waals surface area contributed by atoms with Gasteiger partial charge in [0.15, 0.2) is 0 Å². The third-order valence-corrected chi connectivity index (χ3v) is 9.73. The molecule has 0 rings (SSSR count). The van der Waals surface area contributed by atoms with Crippen LogP contribution < -0.4 is 5.32 Å². The van der Waals surface area contributed by atoms with Crippen molar-refractivity contribution in [2.45, 2.75) is 224 Å². The first-order valence-electron chi connectivity index (χ1n) is 21.5. The molecule has 0 fully saturated rings. The van der Waals surface area contributed by atoms with Crippen LogP contribution in [0.1, 0.15) is 200 Å². The van der Waals surface area contributed by atoms with Crippen molar-refractivity contribution < 1.29 is 25.2 Å². The molecule has 0 aliphatic heterocycles. The van der Waals surface area contributed by atoms with Gasteiger partial charge in [0.1, 0.15) is 12.2 Å². The van der Waals surface area contributed by atoms with E-state index in [9.17, 15) is 25.2 Å². The van der Waals surface area contributed by atoms with Crippen LogP contribution in [0.3, 0.4) is 0 Å². The first-order chi connectivity index (χ1) is 25.0. The number of allylic oxidation sites excluding steroid dienone is 8. The summed E-state index contributed by atoms with van der Waals surface area (Å²) in [6, 6.07) is -1.01. The average molecular weight is 718 g/mol. The molecule has 0 radical (unpaired) electrons. The quantitative estimate of drug-likeness (QED) is 0.0323. The number of aliphatic hydroxyl groups is 4. The summed E-state index contributed by atoms with van der Waals surface area (Å²) in [6.07, 6.45) is 47.2. The van der Waals surface area contributed by atoms with Crippen LogP contribution in [0.25, 0.3) is 0 Å². The van der Waals surface area contributed by atoms with Crippen LogP contribution >= 0.6 is 0 Å². The molecule has 298 valence electrons. The fourth-order valence-electron chi connectivity index (χ4n) is 6.32. The zero-order valence-corrected chi connectivity index (χ0v) is 33.3. The molecule has 51 heavy (non-hydrogen) atoms. The summed E-state index contributed by atoms with van der Waals surface area (Å²) in [5.41, 5.74) is 0. The van der Waals surface area contributed by atoms with E-state index in [0.29, 0.717) is 19.3 Å². The highest BCUT2D eigenvalue weighted by molar-refractivity contribution is 5.80. The Hall–Kier alpha value is -1.73. The van der Waals surface area contributed by atoms with Crippen molar-refractivity contribution in [2.75, 3.05) is 6.61 Å². The highest BCUT2D eigenvalue weighted by Gasteiger charge is 2.28. The van der Waals surface area contributed by atoms with Gasteiger partial charge < -0.3 is 25.7 Å². The van der Waals surface area contributed by atoms with Crippen LogP contribution in [-0.2, 0) is 4.79 Å². The number of hydrogen-bond acceptors (Lipinski definition) is 5. The molecule has 1 amide bonds. The second kappa shape index (κ2) is 39.5. The molecule has 6 nitrogen and oxygen atoms in total. The van der Waals surface area contributed by atoms with Gasteiger partial charge in [-0.3, -0.25) is 4.79 Å². The van der Waals surface area contributed by atoms with Crippen molar-refractivity contribution in [1.29, 1.82) is 0 Å². The molecule has 0 aliphatic carbocycles. The van der Waals surface area contributed by atoms with Crippen molar-refractivity contribution in [2.24, 2.45) is 0 Å². The van der Waals surface area contributed by atoms with Gasteiger partial charge >= 0.3 is 0 Å². The maximum atomic E-state index is 12.5. The molecule has 4 atom stereocenters. The second-order valence-electron chi connectivity index (χ2n) is 14.6. The molecule has 0 aromatic rings. The zero-order valence-electron chi connectivity index (χ0n) is 33.3. The Labute approximate surface area is 315 Å². The molecule has 4 unspecified atom stereocenters. The monoisotopic (exact) mass is 718 g/mol. The normalized spacial score (nSPS) is 14.7. The lowest BCUT2D eigenvalue weighted by Gasteiger charge is -2.27. The Bertz CT molecular complexity index is 854. The number of amides is 1. The molecule has 5 N–H and O–H groups in total. The minimum absolute atomic E-state index is 0.350. The summed E-state index contributed by atoms with van der Waals surface area (Å²) in [4.78, 5) is 12.5. The molecule has 0 saturated carbocycles. The maximum absolute atomic E-state index is 12.5. The summed E-state index contributed by atoms with van der Waals surface area (Å²) in [6.45, 7) is 3.91. The lowest BCUT2D eigenvalue weighted by molar-refractivity contribution is -0.132. The number of aliphatic hydroxyl groups excluding tert-OH is 4. The Morgan fingerprint density at radius 1 is 0.490 bits per heavy atom. The molecule has 0 spiro atoms. The number of carbonyl (C=O) groups excluding carboxylic acids is 1. The largest absolute Gasteiger partial charge is 0.394 e. The summed E-state index contributed by atoms with van der Waals surface area (Å²) >= 11 is 0. The Kier molecular flexibility index (Phi) is 38.1. The van der Waals surface area contributed by atoms with Crippen molar-refractivity contribution in [1.82, 2.24) is 5.32 Å². The fraction of sp³-hybridized carbons (Fsp3) is 0.800. The van der Waals surface area contributed by atoms with E-state index in [0.717, 1.165) is 70.6 Å². The van der Waals surface area contributed by atoms with Crippen LogP contribution in [0, 0.1) is 0 Å². The minimum Gasteiger partial charge on any atom is -0.394 e. The first kappa shape index (κ1) is 49.3. The van der Waals surface area contributed by atoms with E-state index in [1.165, 1.54) is 96.3 Å². The average Bonchev–Trinajstić information content (AvgIpc) is 3.13. The van der Waals surface area contributed by atoms with E-state index >= 15 is 0 Å². The smallest absolute Gasteiger partial charge is 0.249 e. The SMILES string of the molecule is CC/C=C/CC/C=C/CC/C=C/CCCC(O)C(O)C(CO)NC(=O)C(O)CCCCCCCC/C=C\CCCCCCCCCCCCCC. The predicted molar refractivity (Wildman–Crippen MR) is 219 cm³/mol. The Morgan fingerprint density at radius 2 is 0.882 bits per heavy atom. The lowest BCUT2D eigenvalue weighted by Crippen LogP contribution is -2.53.